The van der Waals surface area contributed by atoms with E-state index in [0.717, 1.165) is 5.56 Å². The van der Waals surface area contributed by atoms with Gasteiger partial charge < -0.3 is 19.7 Å². The summed E-state index contributed by atoms with van der Waals surface area (Å²) in [4.78, 5) is 25.4. The van der Waals surface area contributed by atoms with Crippen molar-refractivity contribution in [3.05, 3.63) is 35.9 Å². The highest BCUT2D eigenvalue weighted by atomic mass is 19.1. The molecule has 1 aromatic rings. The fraction of sp³-hybridized carbons (Fsp3) is 0.556. The van der Waals surface area contributed by atoms with Crippen LogP contribution in [0.1, 0.15) is 32.8 Å². The van der Waals surface area contributed by atoms with Gasteiger partial charge >= 0.3 is 12.2 Å². The Hall–Kier alpha value is -2.31. The lowest BCUT2D eigenvalue weighted by atomic mass is 10.0. The number of nitrogens with one attached hydrogen (secondary N) is 1. The molecule has 0 aromatic heterocycles. The molecule has 1 aliphatic rings. The SMILES string of the molecule is CC(C)(C)OC(=O)N[C@@H]1CN(C(=O)OCc2ccccc2)CC[C@@H]1F. The first kappa shape index (κ1) is 19.0. The van der Waals surface area contributed by atoms with Gasteiger partial charge in [0.1, 0.15) is 18.4 Å². The average Bonchev–Trinajstić information content (AvgIpc) is 2.54. The van der Waals surface area contributed by atoms with E-state index in [-0.39, 0.29) is 26.1 Å². The zero-order chi connectivity index (χ0) is 18.4. The number of rotatable bonds is 3. The standard InChI is InChI=1S/C18H25FN2O4/c1-18(2,3)25-16(22)20-15-11-21(10-9-14(15)19)17(23)24-12-13-7-5-4-6-8-13/h4-8,14-15H,9-12H2,1-3H3,(H,20,22)/t14-,15+/m0/s1. The summed E-state index contributed by atoms with van der Waals surface area (Å²) in [5.41, 5.74) is 0.207. The number of piperidine rings is 1. The molecule has 0 radical (unpaired) electrons. The predicted molar refractivity (Wildman–Crippen MR) is 90.9 cm³/mol. The van der Waals surface area contributed by atoms with Gasteiger partial charge in [0.05, 0.1) is 6.04 Å². The third kappa shape index (κ3) is 6.25. The summed E-state index contributed by atoms with van der Waals surface area (Å²) >= 11 is 0. The molecular formula is C18H25FN2O4. The van der Waals surface area contributed by atoms with E-state index in [0.29, 0.717) is 0 Å². The van der Waals surface area contributed by atoms with E-state index in [9.17, 15) is 14.0 Å². The van der Waals surface area contributed by atoms with Crippen molar-refractivity contribution in [2.75, 3.05) is 13.1 Å². The molecule has 1 aliphatic heterocycles. The van der Waals surface area contributed by atoms with Crippen molar-refractivity contribution >= 4 is 12.2 Å². The van der Waals surface area contributed by atoms with E-state index in [1.165, 1.54) is 4.90 Å². The second-order valence-corrected chi connectivity index (χ2v) is 7.04. The predicted octanol–water partition coefficient (Wildman–Crippen LogP) is 3.26. The Labute approximate surface area is 147 Å². The van der Waals surface area contributed by atoms with Gasteiger partial charge in [0.15, 0.2) is 0 Å². The number of ether oxygens (including phenoxy) is 2. The third-order valence-electron chi connectivity index (χ3n) is 3.69. The average molecular weight is 352 g/mol. The Kier molecular flexibility index (Phi) is 6.22. The van der Waals surface area contributed by atoms with Gasteiger partial charge in [-0.1, -0.05) is 30.3 Å². The first-order valence-electron chi connectivity index (χ1n) is 8.34. The van der Waals surface area contributed by atoms with Crippen LogP contribution in [-0.4, -0.2) is 48.0 Å². The molecule has 2 atom stereocenters. The Morgan fingerprint density at radius 3 is 2.60 bits per heavy atom. The zero-order valence-corrected chi connectivity index (χ0v) is 14.8. The molecule has 0 aliphatic carbocycles. The normalized spacial score (nSPS) is 20.7. The second kappa shape index (κ2) is 8.18. The monoisotopic (exact) mass is 352 g/mol. The lowest BCUT2D eigenvalue weighted by molar-refractivity contribution is 0.0353. The third-order valence-corrected chi connectivity index (χ3v) is 3.69. The van der Waals surface area contributed by atoms with E-state index in [1.807, 2.05) is 30.3 Å². The molecule has 1 fully saturated rings. The maximum Gasteiger partial charge on any atom is 0.410 e. The van der Waals surface area contributed by atoms with Crippen molar-refractivity contribution in [1.82, 2.24) is 10.2 Å². The summed E-state index contributed by atoms with van der Waals surface area (Å²) in [6, 6.07) is 8.50. The minimum Gasteiger partial charge on any atom is -0.445 e. The number of likely N-dealkylation sites (tertiary alicyclic amines) is 1. The fourth-order valence-electron chi connectivity index (χ4n) is 2.49. The van der Waals surface area contributed by atoms with Crippen LogP contribution < -0.4 is 5.32 Å². The number of amides is 2. The number of benzene rings is 1. The Balaban J connectivity index is 1.86. The summed E-state index contributed by atoms with van der Waals surface area (Å²) < 4.78 is 24.5. The smallest absolute Gasteiger partial charge is 0.410 e. The highest BCUT2D eigenvalue weighted by Crippen LogP contribution is 2.17. The number of carbonyl (C=O) groups excluding carboxylic acids is 2. The van der Waals surface area contributed by atoms with E-state index in [4.69, 9.17) is 9.47 Å². The minimum atomic E-state index is -1.23. The molecule has 1 N–H and O–H groups in total. The maximum absolute atomic E-state index is 14.1. The molecule has 0 bridgehead atoms. The highest BCUT2D eigenvalue weighted by Gasteiger charge is 2.34. The molecule has 1 heterocycles. The molecule has 0 spiro atoms. The number of hydrogen-bond acceptors (Lipinski definition) is 4. The van der Waals surface area contributed by atoms with Gasteiger partial charge in [-0.2, -0.15) is 0 Å². The zero-order valence-electron chi connectivity index (χ0n) is 14.8. The summed E-state index contributed by atoms with van der Waals surface area (Å²) in [5.74, 6) is 0. The van der Waals surface area contributed by atoms with E-state index in [2.05, 4.69) is 5.32 Å². The van der Waals surface area contributed by atoms with E-state index >= 15 is 0 Å². The van der Waals surface area contributed by atoms with Crippen molar-refractivity contribution in [2.45, 2.75) is 51.6 Å². The van der Waals surface area contributed by atoms with Gasteiger partial charge in [0.2, 0.25) is 0 Å². The molecule has 0 unspecified atom stereocenters. The van der Waals surface area contributed by atoms with Crippen molar-refractivity contribution in [3.63, 3.8) is 0 Å². The molecule has 1 aromatic carbocycles. The number of carbonyl (C=O) groups is 2. The summed E-state index contributed by atoms with van der Waals surface area (Å²) in [5, 5.41) is 2.50. The van der Waals surface area contributed by atoms with Crippen LogP contribution in [0.4, 0.5) is 14.0 Å². The number of alkyl halides is 1. The largest absolute Gasteiger partial charge is 0.445 e. The Bertz CT molecular complexity index is 588. The Morgan fingerprint density at radius 1 is 1.28 bits per heavy atom. The molecule has 7 heteroatoms. The number of alkyl carbamates (subject to hydrolysis) is 1. The summed E-state index contributed by atoms with van der Waals surface area (Å²) in [6.45, 7) is 5.64. The van der Waals surface area contributed by atoms with Gasteiger partial charge in [-0.3, -0.25) is 0 Å². The first-order valence-corrected chi connectivity index (χ1v) is 8.34. The van der Waals surface area contributed by atoms with Crippen LogP contribution in [0.3, 0.4) is 0 Å². The van der Waals surface area contributed by atoms with E-state index < -0.39 is 30.0 Å². The molecule has 25 heavy (non-hydrogen) atoms. The van der Waals surface area contributed by atoms with Crippen LogP contribution in [0.2, 0.25) is 0 Å². The Morgan fingerprint density at radius 2 is 1.96 bits per heavy atom. The lowest BCUT2D eigenvalue weighted by Crippen LogP contribution is -2.55. The van der Waals surface area contributed by atoms with Gasteiger partial charge in [0.25, 0.3) is 0 Å². The van der Waals surface area contributed by atoms with Gasteiger partial charge in [-0.15, -0.1) is 0 Å². The quantitative estimate of drug-likeness (QED) is 0.907. The van der Waals surface area contributed by atoms with Crippen molar-refractivity contribution < 1.29 is 23.5 Å². The molecule has 2 amide bonds. The molecule has 138 valence electrons. The van der Waals surface area contributed by atoms with Crippen LogP contribution in [0.15, 0.2) is 30.3 Å². The maximum atomic E-state index is 14.1. The second-order valence-electron chi connectivity index (χ2n) is 7.04. The van der Waals surface area contributed by atoms with E-state index in [1.54, 1.807) is 20.8 Å². The van der Waals surface area contributed by atoms with Gasteiger partial charge in [-0.25, -0.2) is 14.0 Å². The molecular weight excluding hydrogens is 327 g/mol. The number of nitrogens with zero attached hydrogens (tertiary/aromatic N) is 1. The van der Waals surface area contributed by atoms with Gasteiger partial charge in [0, 0.05) is 13.1 Å². The van der Waals surface area contributed by atoms with Crippen LogP contribution in [0.5, 0.6) is 0 Å². The van der Waals surface area contributed by atoms with Crippen molar-refractivity contribution in [1.29, 1.82) is 0 Å². The van der Waals surface area contributed by atoms with Crippen LogP contribution in [0, 0.1) is 0 Å². The highest BCUT2D eigenvalue weighted by molar-refractivity contribution is 5.70. The molecule has 1 saturated heterocycles. The number of hydrogen-bond donors (Lipinski definition) is 1. The molecule has 2 rings (SSSR count). The summed E-state index contributed by atoms with van der Waals surface area (Å²) in [7, 11) is 0. The van der Waals surface area contributed by atoms with Crippen LogP contribution >= 0.6 is 0 Å². The number of halogens is 1. The molecule has 6 nitrogen and oxygen atoms in total. The topological polar surface area (TPSA) is 67.9 Å². The first-order chi connectivity index (χ1) is 11.7. The minimum absolute atomic E-state index is 0.0496. The molecule has 0 saturated carbocycles. The van der Waals surface area contributed by atoms with Crippen molar-refractivity contribution in [2.24, 2.45) is 0 Å². The van der Waals surface area contributed by atoms with Crippen molar-refractivity contribution in [3.8, 4) is 0 Å². The fourth-order valence-corrected chi connectivity index (χ4v) is 2.49. The lowest BCUT2D eigenvalue weighted by Gasteiger charge is -2.35. The summed E-state index contributed by atoms with van der Waals surface area (Å²) in [6.07, 6.45) is -2.31. The van der Waals surface area contributed by atoms with Crippen LogP contribution in [0.25, 0.3) is 0 Å². The van der Waals surface area contributed by atoms with Gasteiger partial charge in [-0.05, 0) is 32.8 Å². The van der Waals surface area contributed by atoms with Crippen LogP contribution in [-0.2, 0) is 16.1 Å².